The zero-order valence-electron chi connectivity index (χ0n) is 9.05. The first kappa shape index (κ1) is 11.8. The molecule has 1 aromatic carbocycles. The van der Waals surface area contributed by atoms with Gasteiger partial charge in [0.25, 0.3) is 0 Å². The Labute approximate surface area is 88.0 Å². The molecule has 1 unspecified atom stereocenters. The average Bonchev–Trinajstić information content (AvgIpc) is 2.13. The van der Waals surface area contributed by atoms with Crippen molar-refractivity contribution in [3.8, 4) is 5.75 Å². The number of hydrogen-bond donors (Lipinski definition) is 1. The van der Waals surface area contributed by atoms with Gasteiger partial charge in [0.15, 0.2) is 5.82 Å². The summed E-state index contributed by atoms with van der Waals surface area (Å²) in [5, 5.41) is 0. The summed E-state index contributed by atoms with van der Waals surface area (Å²) in [5.74, 6) is -1.17. The predicted octanol–water partition coefficient (Wildman–Crippen LogP) is 2.97. The lowest BCUT2D eigenvalue weighted by Crippen LogP contribution is -2.19. The normalized spacial score (nSPS) is 12.9. The Kier molecular flexibility index (Phi) is 3.50. The molecular weight excluding hydrogens is 200 g/mol. The van der Waals surface area contributed by atoms with Crippen molar-refractivity contribution in [3.05, 3.63) is 23.8 Å². The summed E-state index contributed by atoms with van der Waals surface area (Å²) in [5.41, 5.74) is 5.28. The Hall–Kier alpha value is -1.32. The highest BCUT2D eigenvalue weighted by Gasteiger charge is 2.14. The topological polar surface area (TPSA) is 35.2 Å². The number of benzene rings is 1. The largest absolute Gasteiger partial charge is 0.488 e. The summed E-state index contributed by atoms with van der Waals surface area (Å²) < 4.78 is 31.3. The molecule has 0 saturated carbocycles. The van der Waals surface area contributed by atoms with E-state index in [1.807, 2.05) is 20.8 Å². The predicted molar refractivity (Wildman–Crippen MR) is 55.7 cm³/mol. The van der Waals surface area contributed by atoms with E-state index in [-0.39, 0.29) is 23.5 Å². The van der Waals surface area contributed by atoms with Crippen molar-refractivity contribution in [2.75, 3.05) is 5.73 Å². The van der Waals surface area contributed by atoms with Crippen LogP contribution in [-0.4, -0.2) is 6.10 Å². The van der Waals surface area contributed by atoms with Gasteiger partial charge in [-0.1, -0.05) is 13.8 Å². The minimum atomic E-state index is -0.791. The summed E-state index contributed by atoms with van der Waals surface area (Å²) >= 11 is 0. The molecule has 0 aromatic heterocycles. The van der Waals surface area contributed by atoms with E-state index in [0.717, 1.165) is 12.1 Å². The summed E-state index contributed by atoms with van der Waals surface area (Å²) in [6.45, 7) is 5.74. The molecule has 1 rings (SSSR count). The van der Waals surface area contributed by atoms with Crippen molar-refractivity contribution < 1.29 is 13.5 Å². The molecule has 0 aliphatic rings. The fraction of sp³-hybridized carbons (Fsp3) is 0.455. The summed E-state index contributed by atoms with van der Waals surface area (Å²) in [4.78, 5) is 0. The van der Waals surface area contributed by atoms with Gasteiger partial charge in [0.2, 0.25) is 0 Å². The molecule has 2 nitrogen and oxygen atoms in total. The van der Waals surface area contributed by atoms with Gasteiger partial charge in [0.1, 0.15) is 17.3 Å². The number of rotatable bonds is 3. The second-order valence-electron chi connectivity index (χ2n) is 3.87. The lowest BCUT2D eigenvalue weighted by molar-refractivity contribution is 0.170. The molecule has 0 bridgehead atoms. The Morgan fingerprint density at radius 2 is 1.80 bits per heavy atom. The van der Waals surface area contributed by atoms with Crippen molar-refractivity contribution in [3.63, 3.8) is 0 Å². The SMILES string of the molecule is CC(C)C(C)Oc1cc(F)cc(F)c1N. The van der Waals surface area contributed by atoms with E-state index in [0.29, 0.717) is 0 Å². The highest BCUT2D eigenvalue weighted by atomic mass is 19.1. The Bertz CT molecular complexity index is 353. The minimum Gasteiger partial charge on any atom is -0.488 e. The van der Waals surface area contributed by atoms with Gasteiger partial charge in [-0.15, -0.1) is 0 Å². The number of anilines is 1. The standard InChI is InChI=1S/C11H15F2NO/c1-6(2)7(3)15-10-5-8(12)4-9(13)11(10)14/h4-7H,14H2,1-3H3. The van der Waals surface area contributed by atoms with Gasteiger partial charge in [0.05, 0.1) is 6.10 Å². The second-order valence-corrected chi connectivity index (χ2v) is 3.87. The van der Waals surface area contributed by atoms with E-state index in [1.165, 1.54) is 0 Å². The van der Waals surface area contributed by atoms with Gasteiger partial charge in [-0.05, 0) is 12.8 Å². The molecule has 0 saturated heterocycles. The molecule has 4 heteroatoms. The molecule has 0 spiro atoms. The summed E-state index contributed by atoms with van der Waals surface area (Å²) in [6.07, 6.45) is -0.145. The van der Waals surface area contributed by atoms with Crippen LogP contribution < -0.4 is 10.5 Å². The first-order chi connectivity index (χ1) is 6.91. The van der Waals surface area contributed by atoms with E-state index in [4.69, 9.17) is 10.5 Å². The van der Waals surface area contributed by atoms with Crippen molar-refractivity contribution in [1.82, 2.24) is 0 Å². The van der Waals surface area contributed by atoms with Crippen LogP contribution in [0, 0.1) is 17.6 Å². The van der Waals surface area contributed by atoms with E-state index in [9.17, 15) is 8.78 Å². The number of halogens is 2. The molecule has 0 fully saturated rings. The van der Waals surface area contributed by atoms with Crippen molar-refractivity contribution >= 4 is 5.69 Å². The smallest absolute Gasteiger partial charge is 0.152 e. The first-order valence-corrected chi connectivity index (χ1v) is 4.83. The minimum absolute atomic E-state index is 0.0636. The second kappa shape index (κ2) is 4.47. The maximum atomic E-state index is 13.0. The highest BCUT2D eigenvalue weighted by molar-refractivity contribution is 5.53. The third kappa shape index (κ3) is 2.81. The van der Waals surface area contributed by atoms with E-state index < -0.39 is 11.6 Å². The zero-order valence-corrected chi connectivity index (χ0v) is 9.05. The third-order valence-corrected chi connectivity index (χ3v) is 2.31. The zero-order chi connectivity index (χ0) is 11.6. The van der Waals surface area contributed by atoms with Crippen molar-refractivity contribution in [1.29, 1.82) is 0 Å². The Morgan fingerprint density at radius 3 is 2.33 bits per heavy atom. The highest BCUT2D eigenvalue weighted by Crippen LogP contribution is 2.27. The fourth-order valence-electron chi connectivity index (χ4n) is 0.995. The number of hydrogen-bond acceptors (Lipinski definition) is 2. The molecule has 0 amide bonds. The van der Waals surface area contributed by atoms with Crippen molar-refractivity contribution in [2.45, 2.75) is 26.9 Å². The molecule has 0 aliphatic heterocycles. The first-order valence-electron chi connectivity index (χ1n) is 4.83. The van der Waals surface area contributed by atoms with Crippen LogP contribution >= 0.6 is 0 Å². The van der Waals surface area contributed by atoms with Crippen molar-refractivity contribution in [2.24, 2.45) is 5.92 Å². The lowest BCUT2D eigenvalue weighted by Gasteiger charge is -2.19. The van der Waals surface area contributed by atoms with Crippen LogP contribution in [0.5, 0.6) is 5.75 Å². The molecule has 0 radical (unpaired) electrons. The van der Waals surface area contributed by atoms with Crippen LogP contribution in [0.2, 0.25) is 0 Å². The number of ether oxygens (including phenoxy) is 1. The molecule has 0 heterocycles. The maximum Gasteiger partial charge on any atom is 0.152 e. The van der Waals surface area contributed by atoms with Gasteiger partial charge < -0.3 is 10.5 Å². The number of nitrogens with two attached hydrogens (primary N) is 1. The summed E-state index contributed by atoms with van der Waals surface area (Å²) in [7, 11) is 0. The average molecular weight is 215 g/mol. The van der Waals surface area contributed by atoms with Crippen LogP contribution in [0.4, 0.5) is 14.5 Å². The Balaban J connectivity index is 2.94. The molecule has 15 heavy (non-hydrogen) atoms. The Morgan fingerprint density at radius 1 is 1.20 bits per heavy atom. The molecule has 2 N–H and O–H groups in total. The quantitative estimate of drug-likeness (QED) is 0.787. The molecular formula is C11H15F2NO. The van der Waals surface area contributed by atoms with E-state index >= 15 is 0 Å². The molecule has 0 aliphatic carbocycles. The molecule has 1 atom stereocenters. The van der Waals surface area contributed by atoms with Crippen LogP contribution in [0.3, 0.4) is 0 Å². The number of nitrogen functional groups attached to an aromatic ring is 1. The molecule has 1 aromatic rings. The van der Waals surface area contributed by atoms with Gasteiger partial charge in [-0.3, -0.25) is 0 Å². The van der Waals surface area contributed by atoms with E-state index in [2.05, 4.69) is 0 Å². The summed E-state index contributed by atoms with van der Waals surface area (Å²) in [6, 6.07) is 1.83. The fourth-order valence-corrected chi connectivity index (χ4v) is 0.995. The van der Waals surface area contributed by atoms with Gasteiger partial charge >= 0.3 is 0 Å². The van der Waals surface area contributed by atoms with E-state index in [1.54, 1.807) is 0 Å². The third-order valence-electron chi connectivity index (χ3n) is 2.31. The monoisotopic (exact) mass is 215 g/mol. The van der Waals surface area contributed by atoms with Crippen LogP contribution in [-0.2, 0) is 0 Å². The van der Waals surface area contributed by atoms with Crippen LogP contribution in [0.15, 0.2) is 12.1 Å². The van der Waals surface area contributed by atoms with Crippen LogP contribution in [0.25, 0.3) is 0 Å². The van der Waals surface area contributed by atoms with Gasteiger partial charge in [-0.25, -0.2) is 8.78 Å². The van der Waals surface area contributed by atoms with Crippen LogP contribution in [0.1, 0.15) is 20.8 Å². The molecule has 84 valence electrons. The van der Waals surface area contributed by atoms with Gasteiger partial charge in [0, 0.05) is 12.1 Å². The maximum absolute atomic E-state index is 13.0. The lowest BCUT2D eigenvalue weighted by atomic mass is 10.1. The van der Waals surface area contributed by atoms with Gasteiger partial charge in [-0.2, -0.15) is 0 Å².